The van der Waals surface area contributed by atoms with Crippen molar-refractivity contribution < 1.29 is 4.79 Å². The van der Waals surface area contributed by atoms with E-state index in [0.29, 0.717) is 5.56 Å². The Bertz CT molecular complexity index is 878. The lowest BCUT2D eigenvalue weighted by atomic mass is 9.97. The number of carbonyl (C=O) groups excluding carboxylic acids is 1. The lowest BCUT2D eigenvalue weighted by Gasteiger charge is -2.20. The fourth-order valence-corrected chi connectivity index (χ4v) is 3.21. The second-order valence-electron chi connectivity index (χ2n) is 6.15. The third-order valence-electron chi connectivity index (χ3n) is 4.50. The number of anilines is 1. The van der Waals surface area contributed by atoms with Crippen LogP contribution in [0, 0.1) is 0 Å². The number of carbonyl (C=O) groups is 1. The third kappa shape index (κ3) is 3.24. The highest BCUT2D eigenvalue weighted by Gasteiger charge is 2.20. The molecule has 2 aromatic carbocycles. The summed E-state index contributed by atoms with van der Waals surface area (Å²) < 4.78 is 0. The van der Waals surface area contributed by atoms with E-state index in [4.69, 9.17) is 0 Å². The molecular weight excluding hydrogens is 310 g/mol. The van der Waals surface area contributed by atoms with Crippen molar-refractivity contribution in [3.05, 3.63) is 95.3 Å². The number of nitrogens with zero attached hydrogens (tertiary/aromatic N) is 1. The van der Waals surface area contributed by atoms with E-state index < -0.39 is 0 Å². The summed E-state index contributed by atoms with van der Waals surface area (Å²) in [4.78, 5) is 16.9. The molecule has 2 heterocycles. The van der Waals surface area contributed by atoms with Crippen LogP contribution >= 0.6 is 0 Å². The van der Waals surface area contributed by atoms with E-state index in [9.17, 15) is 4.79 Å². The summed E-state index contributed by atoms with van der Waals surface area (Å²) in [6.07, 6.45) is 4.56. The van der Waals surface area contributed by atoms with Crippen molar-refractivity contribution in [1.29, 1.82) is 0 Å². The average Bonchev–Trinajstić information content (AvgIpc) is 3.15. The Morgan fingerprint density at radius 2 is 1.92 bits per heavy atom. The van der Waals surface area contributed by atoms with E-state index in [0.717, 1.165) is 24.1 Å². The monoisotopic (exact) mass is 329 g/mol. The van der Waals surface area contributed by atoms with Gasteiger partial charge < -0.3 is 10.6 Å². The zero-order valence-corrected chi connectivity index (χ0v) is 13.8. The molecule has 0 bridgehead atoms. The minimum atomic E-state index is -0.229. The van der Waals surface area contributed by atoms with Gasteiger partial charge in [-0.25, -0.2) is 0 Å². The number of rotatable bonds is 4. The summed E-state index contributed by atoms with van der Waals surface area (Å²) >= 11 is 0. The van der Waals surface area contributed by atoms with Gasteiger partial charge in [-0.1, -0.05) is 36.4 Å². The highest BCUT2D eigenvalue weighted by molar-refractivity contribution is 5.94. The molecule has 0 aliphatic carbocycles. The Kier molecular flexibility index (Phi) is 4.17. The maximum atomic E-state index is 12.7. The molecular formula is C21H19N3O. The Morgan fingerprint density at radius 1 is 1.04 bits per heavy atom. The summed E-state index contributed by atoms with van der Waals surface area (Å²) in [5.74, 6) is -0.0897. The van der Waals surface area contributed by atoms with Gasteiger partial charge in [0.15, 0.2) is 0 Å². The van der Waals surface area contributed by atoms with Gasteiger partial charge in [0.05, 0.1) is 6.04 Å². The Balaban J connectivity index is 1.69. The molecule has 2 N–H and O–H groups in total. The summed E-state index contributed by atoms with van der Waals surface area (Å²) in [6, 6.07) is 19.3. The van der Waals surface area contributed by atoms with Crippen LogP contribution in [0.3, 0.4) is 0 Å². The molecule has 1 aliphatic heterocycles. The van der Waals surface area contributed by atoms with Crippen molar-refractivity contribution in [2.75, 3.05) is 11.9 Å². The van der Waals surface area contributed by atoms with Crippen LogP contribution in [-0.2, 0) is 6.42 Å². The second kappa shape index (κ2) is 6.77. The molecule has 1 atom stereocenters. The fraction of sp³-hybridized carbons (Fsp3) is 0.143. The molecule has 4 heteroatoms. The predicted octanol–water partition coefficient (Wildman–Crippen LogP) is 3.57. The number of fused-ring (bicyclic) bond motifs is 1. The fourth-order valence-electron chi connectivity index (χ4n) is 3.21. The number of benzene rings is 2. The Hall–Kier alpha value is -3.14. The van der Waals surface area contributed by atoms with Crippen LogP contribution in [0.2, 0.25) is 0 Å². The van der Waals surface area contributed by atoms with Gasteiger partial charge in [0.2, 0.25) is 0 Å². The van der Waals surface area contributed by atoms with Crippen LogP contribution in [0.4, 0.5) is 5.69 Å². The first-order valence-corrected chi connectivity index (χ1v) is 8.44. The van der Waals surface area contributed by atoms with Crippen LogP contribution in [0.1, 0.15) is 33.1 Å². The normalized spacial score (nSPS) is 13.6. The van der Waals surface area contributed by atoms with Crippen molar-refractivity contribution in [2.45, 2.75) is 12.5 Å². The van der Waals surface area contributed by atoms with Crippen LogP contribution in [0.5, 0.6) is 0 Å². The van der Waals surface area contributed by atoms with E-state index in [2.05, 4.69) is 33.8 Å². The molecule has 4 nitrogen and oxygen atoms in total. The van der Waals surface area contributed by atoms with Gasteiger partial charge in [0.1, 0.15) is 0 Å². The lowest BCUT2D eigenvalue weighted by Crippen LogP contribution is -2.29. The Labute approximate surface area is 146 Å². The number of pyridine rings is 1. The topological polar surface area (TPSA) is 54.0 Å². The first-order valence-electron chi connectivity index (χ1n) is 8.44. The largest absolute Gasteiger partial charge is 0.384 e. The van der Waals surface area contributed by atoms with Gasteiger partial charge in [0, 0.05) is 30.2 Å². The van der Waals surface area contributed by atoms with Gasteiger partial charge >= 0.3 is 0 Å². The predicted molar refractivity (Wildman–Crippen MR) is 98.6 cm³/mol. The number of amides is 1. The highest BCUT2D eigenvalue weighted by atomic mass is 16.1. The van der Waals surface area contributed by atoms with E-state index in [-0.39, 0.29) is 11.9 Å². The minimum absolute atomic E-state index is 0.0897. The number of nitrogens with one attached hydrogen (secondary N) is 2. The highest BCUT2D eigenvalue weighted by Crippen LogP contribution is 2.29. The minimum Gasteiger partial charge on any atom is -0.384 e. The molecule has 0 radical (unpaired) electrons. The summed E-state index contributed by atoms with van der Waals surface area (Å²) in [6.45, 7) is 0.965. The molecule has 0 saturated heterocycles. The molecule has 0 spiro atoms. The van der Waals surface area contributed by atoms with Gasteiger partial charge in [-0.05, 0) is 47.4 Å². The molecule has 0 saturated carbocycles. The average molecular weight is 329 g/mol. The molecule has 25 heavy (non-hydrogen) atoms. The van der Waals surface area contributed by atoms with Crippen LogP contribution in [-0.4, -0.2) is 17.4 Å². The van der Waals surface area contributed by atoms with E-state index in [1.165, 1.54) is 11.3 Å². The molecule has 124 valence electrons. The van der Waals surface area contributed by atoms with Crippen LogP contribution < -0.4 is 10.6 Å². The second-order valence-corrected chi connectivity index (χ2v) is 6.15. The number of hydrogen-bond donors (Lipinski definition) is 2. The van der Waals surface area contributed by atoms with E-state index in [1.54, 1.807) is 12.4 Å². The van der Waals surface area contributed by atoms with Crippen molar-refractivity contribution in [3.8, 4) is 0 Å². The van der Waals surface area contributed by atoms with E-state index in [1.807, 2.05) is 42.5 Å². The number of hydrogen-bond acceptors (Lipinski definition) is 3. The van der Waals surface area contributed by atoms with Gasteiger partial charge in [-0.15, -0.1) is 0 Å². The van der Waals surface area contributed by atoms with Crippen molar-refractivity contribution in [2.24, 2.45) is 0 Å². The first-order chi connectivity index (χ1) is 12.3. The molecule has 0 fully saturated rings. The van der Waals surface area contributed by atoms with Crippen molar-refractivity contribution in [3.63, 3.8) is 0 Å². The quantitative estimate of drug-likeness (QED) is 0.769. The van der Waals surface area contributed by atoms with Gasteiger partial charge in [0.25, 0.3) is 5.91 Å². The lowest BCUT2D eigenvalue weighted by molar-refractivity contribution is 0.0943. The van der Waals surface area contributed by atoms with Crippen LogP contribution in [0.25, 0.3) is 0 Å². The maximum Gasteiger partial charge on any atom is 0.252 e. The van der Waals surface area contributed by atoms with Gasteiger partial charge in [-0.2, -0.15) is 0 Å². The van der Waals surface area contributed by atoms with Crippen LogP contribution in [0.15, 0.2) is 73.1 Å². The maximum absolute atomic E-state index is 12.7. The molecule has 3 aromatic rings. The standard InChI is InChI=1S/C21H19N3O/c25-21(15-5-2-1-3-6-15)24-20(18-7-4-11-22-14-18)17-8-9-19-16(13-17)10-12-23-19/h1-9,11,13-14,20,23H,10,12H2,(H,24,25). The van der Waals surface area contributed by atoms with Crippen molar-refractivity contribution >= 4 is 11.6 Å². The van der Waals surface area contributed by atoms with E-state index >= 15 is 0 Å². The zero-order chi connectivity index (χ0) is 17.1. The zero-order valence-electron chi connectivity index (χ0n) is 13.8. The molecule has 1 aliphatic rings. The number of aromatic nitrogens is 1. The van der Waals surface area contributed by atoms with Gasteiger partial charge in [-0.3, -0.25) is 9.78 Å². The smallest absolute Gasteiger partial charge is 0.252 e. The summed E-state index contributed by atoms with van der Waals surface area (Å²) in [5.41, 5.74) is 5.17. The first kappa shape index (κ1) is 15.4. The SMILES string of the molecule is O=C(NC(c1cccnc1)c1ccc2c(c1)CCN2)c1ccccc1. The summed E-state index contributed by atoms with van der Waals surface area (Å²) in [5, 5.41) is 6.53. The summed E-state index contributed by atoms with van der Waals surface area (Å²) in [7, 11) is 0. The van der Waals surface area contributed by atoms with Crippen molar-refractivity contribution in [1.82, 2.24) is 10.3 Å². The molecule has 4 rings (SSSR count). The third-order valence-corrected chi connectivity index (χ3v) is 4.50. The molecule has 1 aromatic heterocycles. The molecule has 1 unspecified atom stereocenters. The molecule has 1 amide bonds. The Morgan fingerprint density at radius 3 is 2.72 bits per heavy atom.